The Morgan fingerprint density at radius 3 is 2.06 bits per heavy atom. The van der Waals surface area contributed by atoms with Crippen molar-refractivity contribution in [3.8, 4) is 0 Å². The molecule has 3 aromatic rings. The van der Waals surface area contributed by atoms with Crippen LogP contribution >= 0.6 is 23.2 Å². The molecule has 0 unspecified atom stereocenters. The summed E-state index contributed by atoms with van der Waals surface area (Å²) in [6, 6.07) is 24.0. The number of hydrogen-bond donors (Lipinski definition) is 1. The molecule has 0 aromatic heterocycles. The number of nitrogens with zero attached hydrogens (tertiary/aromatic N) is 1. The van der Waals surface area contributed by atoms with Gasteiger partial charge in [0, 0.05) is 36.0 Å². The number of amides is 2. The van der Waals surface area contributed by atoms with Crippen LogP contribution in [0, 0.1) is 0 Å². The Morgan fingerprint density at radius 1 is 0.853 bits per heavy atom. The Balaban J connectivity index is 1.91. The van der Waals surface area contributed by atoms with Crippen LogP contribution in [-0.4, -0.2) is 29.3 Å². The Hall–Kier alpha value is -2.82. The van der Waals surface area contributed by atoms with Crippen molar-refractivity contribution in [2.24, 2.45) is 0 Å². The van der Waals surface area contributed by atoms with E-state index in [1.807, 2.05) is 79.7 Å². The van der Waals surface area contributed by atoms with Gasteiger partial charge in [-0.15, -0.1) is 0 Å². The van der Waals surface area contributed by atoms with Gasteiger partial charge in [0.2, 0.25) is 11.8 Å². The van der Waals surface area contributed by atoms with Gasteiger partial charge in [-0.2, -0.15) is 0 Å². The molecule has 0 aliphatic carbocycles. The van der Waals surface area contributed by atoms with Crippen LogP contribution < -0.4 is 5.32 Å². The summed E-state index contributed by atoms with van der Waals surface area (Å²) in [4.78, 5) is 28.6. The lowest BCUT2D eigenvalue weighted by Gasteiger charge is -2.32. The molecule has 0 heterocycles. The van der Waals surface area contributed by atoms with Crippen molar-refractivity contribution in [3.05, 3.63) is 106 Å². The topological polar surface area (TPSA) is 49.4 Å². The molecule has 34 heavy (non-hydrogen) atoms. The van der Waals surface area contributed by atoms with Crippen LogP contribution in [0.1, 0.15) is 36.5 Å². The normalized spacial score (nSPS) is 11.6. The molecular weight excluding hydrogens is 467 g/mol. The fourth-order valence-electron chi connectivity index (χ4n) is 3.82. The number of benzene rings is 3. The van der Waals surface area contributed by atoms with E-state index in [1.54, 1.807) is 11.0 Å². The molecule has 1 N–H and O–H groups in total. The van der Waals surface area contributed by atoms with Crippen LogP contribution in [0.2, 0.25) is 10.0 Å². The van der Waals surface area contributed by atoms with Crippen LogP contribution in [0.3, 0.4) is 0 Å². The predicted molar refractivity (Wildman–Crippen MR) is 139 cm³/mol. The number of halogens is 2. The maximum Gasteiger partial charge on any atom is 0.243 e. The molecule has 3 aromatic carbocycles. The van der Waals surface area contributed by atoms with Crippen molar-refractivity contribution in [2.75, 3.05) is 6.54 Å². The van der Waals surface area contributed by atoms with E-state index >= 15 is 0 Å². The second-order valence-electron chi connectivity index (χ2n) is 8.20. The monoisotopic (exact) mass is 496 g/mol. The lowest BCUT2D eigenvalue weighted by molar-refractivity contribution is -0.141. The van der Waals surface area contributed by atoms with E-state index in [4.69, 9.17) is 23.2 Å². The Kier molecular flexibility index (Phi) is 9.99. The molecule has 0 spiro atoms. The van der Waals surface area contributed by atoms with Crippen LogP contribution in [0.5, 0.6) is 0 Å². The van der Waals surface area contributed by atoms with Gasteiger partial charge in [0.25, 0.3) is 0 Å². The number of rotatable bonds is 11. The number of carbonyl (C=O) groups is 2. The highest BCUT2D eigenvalue weighted by molar-refractivity contribution is 6.31. The molecule has 0 saturated carbocycles. The van der Waals surface area contributed by atoms with E-state index in [1.165, 1.54) is 0 Å². The van der Waals surface area contributed by atoms with Crippen molar-refractivity contribution in [3.63, 3.8) is 0 Å². The van der Waals surface area contributed by atoms with Crippen LogP contribution in [0.15, 0.2) is 78.9 Å². The highest BCUT2D eigenvalue weighted by atomic mass is 35.5. The summed E-state index contributed by atoms with van der Waals surface area (Å²) in [5.41, 5.74) is 2.70. The van der Waals surface area contributed by atoms with Gasteiger partial charge in [0.15, 0.2) is 0 Å². The predicted octanol–water partition coefficient (Wildman–Crippen LogP) is 6.09. The first kappa shape index (κ1) is 25.8. The average Bonchev–Trinajstić information content (AvgIpc) is 2.85. The van der Waals surface area contributed by atoms with Gasteiger partial charge in [-0.1, -0.05) is 96.9 Å². The third kappa shape index (κ3) is 7.34. The highest BCUT2D eigenvalue weighted by Gasteiger charge is 2.30. The van der Waals surface area contributed by atoms with Crippen molar-refractivity contribution in [2.45, 2.75) is 45.2 Å². The van der Waals surface area contributed by atoms with Crippen LogP contribution in [-0.2, 0) is 29.0 Å². The summed E-state index contributed by atoms with van der Waals surface area (Å²) >= 11 is 12.7. The first-order valence-corrected chi connectivity index (χ1v) is 12.3. The third-order valence-corrected chi connectivity index (χ3v) is 6.42. The zero-order chi connectivity index (χ0) is 24.3. The number of carbonyl (C=O) groups excluding carboxylic acids is 2. The van der Waals surface area contributed by atoms with E-state index in [9.17, 15) is 9.59 Å². The molecule has 2 amide bonds. The molecule has 178 valence electrons. The highest BCUT2D eigenvalue weighted by Crippen LogP contribution is 2.22. The molecular formula is C28H30Cl2N2O2. The number of nitrogens with one attached hydrogen (secondary N) is 1. The van der Waals surface area contributed by atoms with Crippen molar-refractivity contribution in [1.82, 2.24) is 10.2 Å². The SMILES string of the molecule is CCCNC(=O)[C@H](Cc1ccccc1)N(Cc1ccccc1Cl)C(=O)CCc1ccccc1Cl. The average molecular weight is 497 g/mol. The van der Waals surface area contributed by atoms with Gasteiger partial charge in [0.1, 0.15) is 6.04 Å². The minimum atomic E-state index is -0.663. The molecule has 0 aliphatic rings. The van der Waals surface area contributed by atoms with Crippen LogP contribution in [0.4, 0.5) is 0 Å². The second kappa shape index (κ2) is 13.2. The van der Waals surface area contributed by atoms with Gasteiger partial charge in [-0.3, -0.25) is 9.59 Å². The number of hydrogen-bond acceptors (Lipinski definition) is 2. The molecule has 0 saturated heterocycles. The van der Waals surface area contributed by atoms with Crippen molar-refractivity contribution in [1.29, 1.82) is 0 Å². The largest absolute Gasteiger partial charge is 0.354 e. The van der Waals surface area contributed by atoms with E-state index in [0.29, 0.717) is 29.4 Å². The smallest absolute Gasteiger partial charge is 0.243 e. The van der Waals surface area contributed by atoms with E-state index in [0.717, 1.165) is 23.1 Å². The standard InChI is InChI=1S/C28H30Cl2N2O2/c1-2-18-31-28(34)26(19-21-10-4-3-5-11-21)32(20-23-13-7-9-15-25(23)30)27(33)17-16-22-12-6-8-14-24(22)29/h3-15,26H,2,16-20H2,1H3,(H,31,34)/t26-/m0/s1. The summed E-state index contributed by atoms with van der Waals surface area (Å²) in [7, 11) is 0. The second-order valence-corrected chi connectivity index (χ2v) is 9.02. The minimum Gasteiger partial charge on any atom is -0.354 e. The summed E-state index contributed by atoms with van der Waals surface area (Å²) in [5.74, 6) is -0.281. The first-order valence-electron chi connectivity index (χ1n) is 11.6. The van der Waals surface area contributed by atoms with Crippen LogP contribution in [0.25, 0.3) is 0 Å². The van der Waals surface area contributed by atoms with E-state index in [2.05, 4.69) is 5.32 Å². The minimum absolute atomic E-state index is 0.118. The zero-order valence-corrected chi connectivity index (χ0v) is 20.9. The molecule has 0 radical (unpaired) electrons. The van der Waals surface area contributed by atoms with Gasteiger partial charge in [-0.25, -0.2) is 0 Å². The van der Waals surface area contributed by atoms with Gasteiger partial charge < -0.3 is 10.2 Å². The Morgan fingerprint density at radius 2 is 1.44 bits per heavy atom. The fourth-order valence-corrected chi connectivity index (χ4v) is 4.24. The van der Waals surface area contributed by atoms with Gasteiger partial charge in [-0.05, 0) is 41.7 Å². The lowest BCUT2D eigenvalue weighted by Crippen LogP contribution is -2.50. The molecule has 0 bridgehead atoms. The lowest BCUT2D eigenvalue weighted by atomic mass is 10.0. The summed E-state index contributed by atoms with van der Waals surface area (Å²) < 4.78 is 0. The Labute approximate surface area is 211 Å². The molecule has 0 fully saturated rings. The summed E-state index contributed by atoms with van der Waals surface area (Å²) in [6.07, 6.45) is 1.96. The molecule has 3 rings (SSSR count). The third-order valence-electron chi connectivity index (χ3n) is 5.68. The van der Waals surface area contributed by atoms with E-state index < -0.39 is 6.04 Å². The molecule has 4 nitrogen and oxygen atoms in total. The van der Waals surface area contributed by atoms with Gasteiger partial charge in [0.05, 0.1) is 0 Å². The van der Waals surface area contributed by atoms with E-state index in [-0.39, 0.29) is 24.8 Å². The molecule has 6 heteroatoms. The summed E-state index contributed by atoms with van der Waals surface area (Å²) in [6.45, 7) is 2.80. The molecule has 1 atom stereocenters. The van der Waals surface area contributed by atoms with Crippen molar-refractivity contribution < 1.29 is 9.59 Å². The maximum absolute atomic E-state index is 13.6. The van der Waals surface area contributed by atoms with Gasteiger partial charge >= 0.3 is 0 Å². The maximum atomic E-state index is 13.6. The van der Waals surface area contributed by atoms with Crippen molar-refractivity contribution >= 4 is 35.0 Å². The quantitative estimate of drug-likeness (QED) is 0.349. The fraction of sp³-hybridized carbons (Fsp3) is 0.286. The molecule has 0 aliphatic heterocycles. The zero-order valence-electron chi connectivity index (χ0n) is 19.3. The first-order chi connectivity index (χ1) is 16.5. The summed E-state index contributed by atoms with van der Waals surface area (Å²) in [5, 5.41) is 4.19. The Bertz CT molecular complexity index is 1090. The number of aryl methyl sites for hydroxylation is 1.